The number of nitrogens with two attached hydrogens (primary N) is 1. The first kappa shape index (κ1) is 11.9. The van der Waals surface area contributed by atoms with Crippen LogP contribution in [0.15, 0.2) is 28.9 Å². The van der Waals surface area contributed by atoms with Crippen LogP contribution >= 0.6 is 38.9 Å². The molecule has 0 unspecified atom stereocenters. The Morgan fingerprint density at radius 1 is 1.31 bits per heavy atom. The average molecular weight is 318 g/mol. The maximum atomic E-state index is 6.09. The zero-order chi connectivity index (χ0) is 11.5. The van der Waals surface area contributed by atoms with Gasteiger partial charge in [-0.2, -0.15) is 0 Å². The molecule has 0 fully saturated rings. The fourth-order valence-corrected chi connectivity index (χ4v) is 3.16. The second-order valence-corrected chi connectivity index (χ2v) is 5.63. The molecule has 1 aromatic carbocycles. The summed E-state index contributed by atoms with van der Waals surface area (Å²) in [6.45, 7) is 0. The minimum absolute atomic E-state index is 0.598. The van der Waals surface area contributed by atoms with Crippen LogP contribution in [-0.4, -0.2) is 4.98 Å². The third kappa shape index (κ3) is 2.75. The summed E-state index contributed by atoms with van der Waals surface area (Å²) < 4.78 is 0.849. The molecule has 2 aromatic rings. The van der Waals surface area contributed by atoms with E-state index in [0.29, 0.717) is 5.13 Å². The summed E-state index contributed by atoms with van der Waals surface area (Å²) in [6, 6.07) is 7.89. The summed E-state index contributed by atoms with van der Waals surface area (Å²) in [4.78, 5) is 5.29. The van der Waals surface area contributed by atoms with Crippen molar-refractivity contribution in [2.45, 2.75) is 12.8 Å². The highest BCUT2D eigenvalue weighted by Gasteiger charge is 2.07. The summed E-state index contributed by atoms with van der Waals surface area (Å²) in [7, 11) is 0. The van der Waals surface area contributed by atoms with Crippen molar-refractivity contribution < 1.29 is 0 Å². The molecule has 0 saturated heterocycles. The van der Waals surface area contributed by atoms with Crippen LogP contribution in [0.3, 0.4) is 0 Å². The summed E-state index contributed by atoms with van der Waals surface area (Å²) in [5.74, 6) is 0. The molecule has 1 heterocycles. The van der Waals surface area contributed by atoms with Crippen LogP contribution in [0.1, 0.15) is 10.4 Å². The highest BCUT2D eigenvalue weighted by molar-refractivity contribution is 9.10. The first-order chi connectivity index (χ1) is 7.66. The predicted molar refractivity (Wildman–Crippen MR) is 73.1 cm³/mol. The van der Waals surface area contributed by atoms with Gasteiger partial charge in [0.05, 0.1) is 0 Å². The predicted octanol–water partition coefficient (Wildman–Crippen LogP) is 3.93. The smallest absolute Gasteiger partial charge is 0.181 e. The van der Waals surface area contributed by atoms with E-state index in [0.717, 1.165) is 32.9 Å². The number of halogens is 2. The number of nitrogens with zero attached hydrogens (tertiary/aromatic N) is 1. The number of benzene rings is 1. The Morgan fingerprint density at radius 2 is 2.06 bits per heavy atom. The van der Waals surface area contributed by atoms with Gasteiger partial charge < -0.3 is 5.73 Å². The van der Waals surface area contributed by atoms with Crippen molar-refractivity contribution >= 4 is 44.0 Å². The minimum Gasteiger partial charge on any atom is -0.375 e. The Hall–Kier alpha value is -0.580. The number of anilines is 1. The molecule has 84 valence electrons. The third-order valence-electron chi connectivity index (χ3n) is 2.25. The van der Waals surface area contributed by atoms with Gasteiger partial charge in [-0.15, -0.1) is 11.3 Å². The Kier molecular flexibility index (Phi) is 3.84. The lowest BCUT2D eigenvalue weighted by Gasteiger charge is -2.02. The molecule has 1 aromatic heterocycles. The van der Waals surface area contributed by atoms with Crippen molar-refractivity contribution in [2.24, 2.45) is 0 Å². The fraction of sp³-hybridized carbons (Fsp3) is 0.182. The zero-order valence-electron chi connectivity index (χ0n) is 8.41. The highest BCUT2D eigenvalue weighted by atomic mass is 79.9. The molecule has 0 aliphatic heterocycles. The van der Waals surface area contributed by atoms with Gasteiger partial charge in [0.15, 0.2) is 5.13 Å². The maximum absolute atomic E-state index is 6.09. The highest BCUT2D eigenvalue weighted by Crippen LogP contribution is 2.27. The second-order valence-electron chi connectivity index (χ2n) is 3.36. The SMILES string of the molecule is Nc1nc(Br)c(CCc2ccccc2Cl)s1. The van der Waals surface area contributed by atoms with E-state index in [4.69, 9.17) is 17.3 Å². The molecule has 2 rings (SSSR count). The quantitative estimate of drug-likeness (QED) is 0.931. The number of hydrogen-bond donors (Lipinski definition) is 1. The Morgan fingerprint density at radius 3 is 2.69 bits per heavy atom. The van der Waals surface area contributed by atoms with Crippen molar-refractivity contribution in [3.63, 3.8) is 0 Å². The van der Waals surface area contributed by atoms with Crippen molar-refractivity contribution in [1.82, 2.24) is 4.98 Å². The molecular formula is C11H10BrClN2S. The largest absolute Gasteiger partial charge is 0.375 e. The molecule has 2 nitrogen and oxygen atoms in total. The zero-order valence-corrected chi connectivity index (χ0v) is 11.6. The van der Waals surface area contributed by atoms with Gasteiger partial charge in [-0.05, 0) is 40.4 Å². The van der Waals surface area contributed by atoms with Crippen molar-refractivity contribution in [3.8, 4) is 0 Å². The number of rotatable bonds is 3. The fourth-order valence-electron chi connectivity index (χ4n) is 1.45. The topological polar surface area (TPSA) is 38.9 Å². The average Bonchev–Trinajstić information content (AvgIpc) is 2.56. The van der Waals surface area contributed by atoms with E-state index in [1.54, 1.807) is 0 Å². The summed E-state index contributed by atoms with van der Waals surface area (Å²) in [5, 5.41) is 1.41. The van der Waals surface area contributed by atoms with E-state index in [1.807, 2.05) is 24.3 Å². The number of aromatic nitrogens is 1. The van der Waals surface area contributed by atoms with Crippen LogP contribution in [0.2, 0.25) is 5.02 Å². The number of hydrogen-bond acceptors (Lipinski definition) is 3. The lowest BCUT2D eigenvalue weighted by Crippen LogP contribution is -1.90. The summed E-state index contributed by atoms with van der Waals surface area (Å²) >= 11 is 11.0. The Balaban J connectivity index is 2.08. The van der Waals surface area contributed by atoms with Gasteiger partial charge in [0.1, 0.15) is 4.60 Å². The molecule has 0 radical (unpaired) electrons. The molecular weight excluding hydrogens is 308 g/mol. The minimum atomic E-state index is 0.598. The molecule has 0 aliphatic rings. The van der Waals surface area contributed by atoms with E-state index in [2.05, 4.69) is 20.9 Å². The van der Waals surface area contributed by atoms with E-state index in [-0.39, 0.29) is 0 Å². The molecule has 0 atom stereocenters. The van der Waals surface area contributed by atoms with Gasteiger partial charge in [0.2, 0.25) is 0 Å². The van der Waals surface area contributed by atoms with Crippen LogP contribution in [-0.2, 0) is 12.8 Å². The van der Waals surface area contributed by atoms with E-state index < -0.39 is 0 Å². The number of aryl methyl sites for hydroxylation is 2. The Bertz CT molecular complexity index is 498. The molecule has 0 bridgehead atoms. The van der Waals surface area contributed by atoms with Gasteiger partial charge in [-0.3, -0.25) is 0 Å². The molecule has 16 heavy (non-hydrogen) atoms. The lowest BCUT2D eigenvalue weighted by atomic mass is 10.1. The van der Waals surface area contributed by atoms with Crippen LogP contribution in [0.5, 0.6) is 0 Å². The molecule has 0 amide bonds. The van der Waals surface area contributed by atoms with Crippen LogP contribution in [0.25, 0.3) is 0 Å². The number of thiazole rings is 1. The van der Waals surface area contributed by atoms with Gasteiger partial charge in [0, 0.05) is 9.90 Å². The van der Waals surface area contributed by atoms with Gasteiger partial charge in [-0.25, -0.2) is 4.98 Å². The standard InChI is InChI=1S/C11H10BrClN2S/c12-10-9(16-11(14)15-10)6-5-7-3-1-2-4-8(7)13/h1-4H,5-6H2,(H2,14,15). The maximum Gasteiger partial charge on any atom is 0.181 e. The van der Waals surface area contributed by atoms with Crippen molar-refractivity contribution in [3.05, 3.63) is 44.3 Å². The van der Waals surface area contributed by atoms with Crippen molar-refractivity contribution in [1.29, 1.82) is 0 Å². The van der Waals surface area contributed by atoms with E-state index >= 15 is 0 Å². The molecule has 0 saturated carbocycles. The number of nitrogen functional groups attached to an aromatic ring is 1. The van der Waals surface area contributed by atoms with Crippen molar-refractivity contribution in [2.75, 3.05) is 5.73 Å². The first-order valence-electron chi connectivity index (χ1n) is 4.81. The monoisotopic (exact) mass is 316 g/mol. The molecule has 2 N–H and O–H groups in total. The van der Waals surface area contributed by atoms with Gasteiger partial charge in [0.25, 0.3) is 0 Å². The second kappa shape index (κ2) is 5.17. The Labute approximate surface area is 112 Å². The van der Waals surface area contributed by atoms with E-state index in [9.17, 15) is 0 Å². The first-order valence-corrected chi connectivity index (χ1v) is 6.79. The van der Waals surface area contributed by atoms with Crippen LogP contribution in [0, 0.1) is 0 Å². The lowest BCUT2D eigenvalue weighted by molar-refractivity contribution is 0.970. The third-order valence-corrected chi connectivity index (χ3v) is 4.48. The molecule has 5 heteroatoms. The van der Waals surface area contributed by atoms with Gasteiger partial charge >= 0.3 is 0 Å². The van der Waals surface area contributed by atoms with Gasteiger partial charge in [-0.1, -0.05) is 29.8 Å². The molecule has 0 spiro atoms. The van der Waals surface area contributed by atoms with Crippen LogP contribution in [0.4, 0.5) is 5.13 Å². The summed E-state index contributed by atoms with van der Waals surface area (Å²) in [5.41, 5.74) is 6.79. The normalized spacial score (nSPS) is 10.6. The van der Waals surface area contributed by atoms with E-state index in [1.165, 1.54) is 11.3 Å². The molecule has 0 aliphatic carbocycles. The van der Waals surface area contributed by atoms with Crippen LogP contribution < -0.4 is 5.73 Å². The summed E-state index contributed by atoms with van der Waals surface area (Å²) in [6.07, 6.45) is 1.80.